The molecule has 0 radical (unpaired) electrons. The SMILES string of the molecule is Cc1ccccc1C(C(=O)Nc1ccc2ccccc2c1)N(C)C(=O)C(CS)NC(=O)OC(C)(C)C. The maximum absolute atomic E-state index is 13.6. The molecule has 0 saturated heterocycles. The van der Waals surface area contributed by atoms with Crippen molar-refractivity contribution >= 4 is 47.0 Å². The molecule has 0 aliphatic heterocycles. The van der Waals surface area contributed by atoms with Gasteiger partial charge in [-0.15, -0.1) is 0 Å². The van der Waals surface area contributed by atoms with Gasteiger partial charge in [0, 0.05) is 18.5 Å². The van der Waals surface area contributed by atoms with Crippen molar-refractivity contribution in [3.05, 3.63) is 77.9 Å². The van der Waals surface area contributed by atoms with Crippen LogP contribution >= 0.6 is 12.6 Å². The van der Waals surface area contributed by atoms with E-state index in [-0.39, 0.29) is 11.7 Å². The van der Waals surface area contributed by atoms with Gasteiger partial charge >= 0.3 is 6.09 Å². The quantitative estimate of drug-likeness (QED) is 0.388. The first-order chi connectivity index (χ1) is 17.0. The molecule has 3 amide bonds. The Kier molecular flexibility index (Phi) is 8.63. The van der Waals surface area contributed by atoms with Crippen LogP contribution in [-0.2, 0) is 14.3 Å². The zero-order valence-corrected chi connectivity index (χ0v) is 22.1. The number of likely N-dealkylation sites (N-methyl/N-ethyl adjacent to an activating group) is 1. The molecule has 2 N–H and O–H groups in total. The molecule has 36 heavy (non-hydrogen) atoms. The number of carbonyl (C=O) groups excluding carboxylic acids is 3. The summed E-state index contributed by atoms with van der Waals surface area (Å²) >= 11 is 4.26. The number of hydrogen-bond donors (Lipinski definition) is 3. The van der Waals surface area contributed by atoms with Crippen LogP contribution in [0.25, 0.3) is 10.8 Å². The van der Waals surface area contributed by atoms with E-state index in [9.17, 15) is 14.4 Å². The van der Waals surface area contributed by atoms with E-state index in [1.54, 1.807) is 27.8 Å². The predicted molar refractivity (Wildman–Crippen MR) is 146 cm³/mol. The Balaban J connectivity index is 1.89. The molecule has 0 heterocycles. The molecule has 3 aromatic carbocycles. The third-order valence-electron chi connectivity index (χ3n) is 5.65. The number of rotatable bonds is 7. The number of amides is 3. The molecule has 0 fully saturated rings. The van der Waals surface area contributed by atoms with Crippen molar-refractivity contribution < 1.29 is 19.1 Å². The number of nitrogens with one attached hydrogen (secondary N) is 2. The molecule has 3 rings (SSSR count). The lowest BCUT2D eigenvalue weighted by Gasteiger charge is -2.32. The molecule has 8 heteroatoms. The highest BCUT2D eigenvalue weighted by Crippen LogP contribution is 2.27. The minimum Gasteiger partial charge on any atom is -0.444 e. The van der Waals surface area contributed by atoms with Crippen molar-refractivity contribution in [3.8, 4) is 0 Å². The summed E-state index contributed by atoms with van der Waals surface area (Å²) in [6.45, 7) is 7.10. The van der Waals surface area contributed by atoms with Crippen molar-refractivity contribution in [1.29, 1.82) is 0 Å². The van der Waals surface area contributed by atoms with Crippen LogP contribution in [0.3, 0.4) is 0 Å². The highest BCUT2D eigenvalue weighted by Gasteiger charge is 2.34. The summed E-state index contributed by atoms with van der Waals surface area (Å²) in [6, 6.07) is 19.0. The fraction of sp³-hybridized carbons (Fsp3) is 0.321. The lowest BCUT2D eigenvalue weighted by molar-refractivity contribution is -0.138. The Morgan fingerprint density at radius 3 is 2.25 bits per heavy atom. The third-order valence-corrected chi connectivity index (χ3v) is 6.02. The van der Waals surface area contributed by atoms with E-state index in [4.69, 9.17) is 4.74 Å². The maximum Gasteiger partial charge on any atom is 0.408 e. The molecule has 0 bridgehead atoms. The molecule has 2 unspecified atom stereocenters. The van der Waals surface area contributed by atoms with Gasteiger partial charge in [-0.3, -0.25) is 9.59 Å². The monoisotopic (exact) mass is 507 g/mol. The number of hydrogen-bond acceptors (Lipinski definition) is 5. The number of thiol groups is 1. The molecule has 0 aliphatic carbocycles. The number of nitrogens with zero attached hydrogens (tertiary/aromatic N) is 1. The van der Waals surface area contributed by atoms with E-state index in [2.05, 4.69) is 23.3 Å². The molecular formula is C28H33N3O4S. The van der Waals surface area contributed by atoms with Crippen molar-refractivity contribution in [1.82, 2.24) is 10.2 Å². The first kappa shape index (κ1) is 27.1. The number of aryl methyl sites for hydroxylation is 1. The Labute approximate surface area is 217 Å². The average molecular weight is 508 g/mol. The zero-order chi connectivity index (χ0) is 26.5. The number of alkyl carbamates (subject to hydrolysis) is 1. The molecular weight excluding hydrogens is 474 g/mol. The maximum atomic E-state index is 13.6. The van der Waals surface area contributed by atoms with Crippen LogP contribution in [0.1, 0.15) is 37.9 Å². The fourth-order valence-electron chi connectivity index (χ4n) is 3.91. The van der Waals surface area contributed by atoms with Gasteiger partial charge < -0.3 is 20.3 Å². The first-order valence-electron chi connectivity index (χ1n) is 11.7. The highest BCUT2D eigenvalue weighted by molar-refractivity contribution is 7.80. The largest absolute Gasteiger partial charge is 0.444 e. The van der Waals surface area contributed by atoms with Crippen molar-refractivity contribution in [2.45, 2.75) is 45.4 Å². The van der Waals surface area contributed by atoms with Crippen LogP contribution in [0, 0.1) is 6.92 Å². The lowest BCUT2D eigenvalue weighted by atomic mass is 9.98. The van der Waals surface area contributed by atoms with Crippen LogP contribution < -0.4 is 10.6 Å². The van der Waals surface area contributed by atoms with Crippen LogP contribution in [0.2, 0.25) is 0 Å². The van der Waals surface area contributed by atoms with Gasteiger partial charge in [0.25, 0.3) is 5.91 Å². The Bertz CT molecular complexity index is 1250. The van der Waals surface area contributed by atoms with Gasteiger partial charge in [-0.05, 0) is 61.7 Å². The van der Waals surface area contributed by atoms with E-state index in [1.807, 2.05) is 73.7 Å². The number of ether oxygens (including phenoxy) is 1. The predicted octanol–water partition coefficient (Wildman–Crippen LogP) is 5.11. The number of anilines is 1. The van der Waals surface area contributed by atoms with Crippen LogP contribution in [0.15, 0.2) is 66.7 Å². The lowest BCUT2D eigenvalue weighted by Crippen LogP contribution is -2.52. The third kappa shape index (κ3) is 6.79. The minimum absolute atomic E-state index is 0.0369. The van der Waals surface area contributed by atoms with Gasteiger partial charge in [0.05, 0.1) is 0 Å². The van der Waals surface area contributed by atoms with Crippen LogP contribution in [0.5, 0.6) is 0 Å². The average Bonchev–Trinajstić information content (AvgIpc) is 2.82. The summed E-state index contributed by atoms with van der Waals surface area (Å²) in [5.41, 5.74) is 1.44. The standard InChI is InChI=1S/C28H33N3O4S/c1-18-10-6-9-13-22(18)24(25(32)29-21-15-14-19-11-7-8-12-20(19)16-21)31(5)26(33)23(17-36)30-27(34)35-28(2,3)4/h6-16,23-24,36H,17H2,1-5H3,(H,29,32)(H,30,34). The highest BCUT2D eigenvalue weighted by atomic mass is 32.1. The molecule has 190 valence electrons. The van der Waals surface area contributed by atoms with Gasteiger partial charge in [-0.2, -0.15) is 12.6 Å². The Morgan fingerprint density at radius 2 is 1.61 bits per heavy atom. The zero-order valence-electron chi connectivity index (χ0n) is 21.2. The number of benzene rings is 3. The topological polar surface area (TPSA) is 87.7 Å². The van der Waals surface area contributed by atoms with Gasteiger partial charge in [-0.1, -0.05) is 54.6 Å². The smallest absolute Gasteiger partial charge is 0.408 e. The van der Waals surface area contributed by atoms with E-state index in [1.165, 1.54) is 4.90 Å². The second kappa shape index (κ2) is 11.5. The Hall–Kier alpha value is -3.52. The van der Waals surface area contributed by atoms with Gasteiger partial charge in [0.15, 0.2) is 0 Å². The summed E-state index contributed by atoms with van der Waals surface area (Å²) in [5.74, 6) is -0.793. The van der Waals surface area contributed by atoms with Crippen LogP contribution in [0.4, 0.5) is 10.5 Å². The van der Waals surface area contributed by atoms with Crippen LogP contribution in [-0.4, -0.2) is 47.3 Å². The molecule has 0 aromatic heterocycles. The number of fused-ring (bicyclic) bond motifs is 1. The normalized spacial score (nSPS) is 12.9. The van der Waals surface area contributed by atoms with Gasteiger partial charge in [0.2, 0.25) is 5.91 Å². The summed E-state index contributed by atoms with van der Waals surface area (Å²) in [6.07, 6.45) is -0.726. The Morgan fingerprint density at radius 1 is 0.972 bits per heavy atom. The first-order valence-corrected chi connectivity index (χ1v) is 12.4. The molecule has 7 nitrogen and oxygen atoms in total. The van der Waals surface area contributed by atoms with E-state index in [0.29, 0.717) is 11.3 Å². The van der Waals surface area contributed by atoms with Crippen molar-refractivity contribution in [2.75, 3.05) is 18.1 Å². The molecule has 0 spiro atoms. The molecule has 0 aliphatic rings. The van der Waals surface area contributed by atoms with Gasteiger partial charge in [0.1, 0.15) is 17.7 Å². The second-order valence-corrected chi connectivity index (χ2v) is 10.0. The fourth-order valence-corrected chi connectivity index (χ4v) is 4.15. The summed E-state index contributed by atoms with van der Waals surface area (Å²) in [7, 11) is 1.55. The summed E-state index contributed by atoms with van der Waals surface area (Å²) in [5, 5.41) is 7.58. The molecule has 0 saturated carbocycles. The molecule has 2 atom stereocenters. The summed E-state index contributed by atoms with van der Waals surface area (Å²) < 4.78 is 5.29. The van der Waals surface area contributed by atoms with Gasteiger partial charge in [-0.25, -0.2) is 4.79 Å². The van der Waals surface area contributed by atoms with E-state index >= 15 is 0 Å². The minimum atomic E-state index is -0.979. The number of carbonyl (C=O) groups is 3. The second-order valence-electron chi connectivity index (χ2n) is 9.64. The van der Waals surface area contributed by atoms with Crippen molar-refractivity contribution in [2.24, 2.45) is 0 Å². The molecule has 3 aromatic rings. The van der Waals surface area contributed by atoms with Crippen molar-refractivity contribution in [3.63, 3.8) is 0 Å². The van der Waals surface area contributed by atoms with E-state index in [0.717, 1.165) is 16.3 Å². The van der Waals surface area contributed by atoms with E-state index < -0.39 is 29.7 Å². The summed E-state index contributed by atoms with van der Waals surface area (Å²) in [4.78, 5) is 40.7.